The van der Waals surface area contributed by atoms with Gasteiger partial charge in [-0.05, 0) is 24.6 Å². The molecular weight excluding hydrogens is 216 g/mol. The van der Waals surface area contributed by atoms with Crippen LogP contribution in [0.15, 0.2) is 30.5 Å². The molecule has 5 nitrogen and oxygen atoms in total. The lowest BCUT2D eigenvalue weighted by Crippen LogP contribution is -2.01. The quantitative estimate of drug-likeness (QED) is 0.844. The van der Waals surface area contributed by atoms with Gasteiger partial charge < -0.3 is 15.8 Å². The topological polar surface area (TPSA) is 73.1 Å². The molecule has 3 N–H and O–H groups in total. The van der Waals surface area contributed by atoms with E-state index in [-0.39, 0.29) is 0 Å². The molecule has 0 spiro atoms. The SMILES string of the molecule is COc1ccc(C)c(Nc2nccc(N)n2)c1. The van der Waals surface area contributed by atoms with Crippen LogP contribution in [-0.4, -0.2) is 17.1 Å². The molecule has 0 saturated heterocycles. The summed E-state index contributed by atoms with van der Waals surface area (Å²) in [5.74, 6) is 1.69. The number of ether oxygens (including phenoxy) is 1. The first-order valence-electron chi connectivity index (χ1n) is 5.19. The van der Waals surface area contributed by atoms with E-state index in [9.17, 15) is 0 Å². The first-order valence-corrected chi connectivity index (χ1v) is 5.19. The number of aryl methyl sites for hydroxylation is 1. The molecule has 17 heavy (non-hydrogen) atoms. The Bertz CT molecular complexity index is 528. The number of hydrogen-bond acceptors (Lipinski definition) is 5. The molecule has 0 aliphatic rings. The lowest BCUT2D eigenvalue weighted by Gasteiger charge is -2.09. The highest BCUT2D eigenvalue weighted by atomic mass is 16.5. The van der Waals surface area contributed by atoms with Crippen LogP contribution < -0.4 is 15.8 Å². The Balaban J connectivity index is 2.29. The first-order chi connectivity index (χ1) is 8.19. The van der Waals surface area contributed by atoms with Gasteiger partial charge in [0.15, 0.2) is 0 Å². The number of nitrogens with zero attached hydrogens (tertiary/aromatic N) is 2. The number of nitrogens with one attached hydrogen (secondary N) is 1. The third kappa shape index (κ3) is 2.63. The average Bonchev–Trinajstić information content (AvgIpc) is 2.32. The van der Waals surface area contributed by atoms with Crippen molar-refractivity contribution in [1.82, 2.24) is 9.97 Å². The van der Waals surface area contributed by atoms with Crippen LogP contribution in [0.4, 0.5) is 17.5 Å². The molecule has 0 unspecified atom stereocenters. The molecular formula is C12H14N4O. The number of methoxy groups -OCH3 is 1. The highest BCUT2D eigenvalue weighted by molar-refractivity contribution is 5.61. The van der Waals surface area contributed by atoms with Gasteiger partial charge >= 0.3 is 0 Å². The number of benzene rings is 1. The normalized spacial score (nSPS) is 10.0. The fraction of sp³-hybridized carbons (Fsp3) is 0.167. The Morgan fingerprint density at radius 3 is 2.82 bits per heavy atom. The number of rotatable bonds is 3. The summed E-state index contributed by atoms with van der Waals surface area (Å²) in [6.45, 7) is 1.99. The zero-order valence-electron chi connectivity index (χ0n) is 9.77. The van der Waals surface area contributed by atoms with E-state index in [4.69, 9.17) is 10.5 Å². The van der Waals surface area contributed by atoms with Gasteiger partial charge in [0.25, 0.3) is 0 Å². The van der Waals surface area contributed by atoms with Crippen LogP contribution in [0.3, 0.4) is 0 Å². The molecule has 0 aliphatic carbocycles. The molecule has 2 aromatic rings. The molecule has 1 aromatic carbocycles. The van der Waals surface area contributed by atoms with E-state index in [2.05, 4.69) is 15.3 Å². The summed E-state index contributed by atoms with van der Waals surface area (Å²) >= 11 is 0. The van der Waals surface area contributed by atoms with Crippen LogP contribution in [0.5, 0.6) is 5.75 Å². The average molecular weight is 230 g/mol. The van der Waals surface area contributed by atoms with Gasteiger partial charge in [-0.2, -0.15) is 4.98 Å². The largest absolute Gasteiger partial charge is 0.497 e. The molecule has 1 aromatic heterocycles. The van der Waals surface area contributed by atoms with Gasteiger partial charge in [-0.15, -0.1) is 0 Å². The predicted molar refractivity (Wildman–Crippen MR) is 67.5 cm³/mol. The maximum Gasteiger partial charge on any atom is 0.229 e. The Kier molecular flexibility index (Phi) is 3.09. The van der Waals surface area contributed by atoms with E-state index in [1.807, 2.05) is 25.1 Å². The minimum atomic E-state index is 0.433. The molecule has 5 heteroatoms. The van der Waals surface area contributed by atoms with Crippen LogP contribution in [0.1, 0.15) is 5.56 Å². The van der Waals surface area contributed by atoms with Gasteiger partial charge in [-0.1, -0.05) is 6.07 Å². The number of hydrogen-bond donors (Lipinski definition) is 2. The summed E-state index contributed by atoms with van der Waals surface area (Å²) in [5, 5.41) is 3.11. The van der Waals surface area contributed by atoms with Crippen molar-refractivity contribution >= 4 is 17.5 Å². The van der Waals surface area contributed by atoms with Gasteiger partial charge in [-0.25, -0.2) is 4.98 Å². The molecule has 0 aliphatic heterocycles. The number of nitrogen functional groups attached to an aromatic ring is 1. The minimum absolute atomic E-state index is 0.433. The molecule has 0 bridgehead atoms. The molecule has 88 valence electrons. The molecule has 2 rings (SSSR count). The molecule has 0 atom stereocenters. The Labute approximate surface area is 99.7 Å². The van der Waals surface area contributed by atoms with E-state index in [0.29, 0.717) is 11.8 Å². The van der Waals surface area contributed by atoms with Crippen molar-refractivity contribution in [3.63, 3.8) is 0 Å². The molecule has 0 amide bonds. The van der Waals surface area contributed by atoms with Crippen molar-refractivity contribution in [3.8, 4) is 5.75 Å². The summed E-state index contributed by atoms with van der Waals surface area (Å²) in [6.07, 6.45) is 1.61. The predicted octanol–water partition coefficient (Wildman–Crippen LogP) is 2.12. The van der Waals surface area contributed by atoms with Gasteiger partial charge in [0.2, 0.25) is 5.95 Å². The number of nitrogens with two attached hydrogens (primary N) is 1. The van der Waals surface area contributed by atoms with E-state index in [0.717, 1.165) is 17.0 Å². The van der Waals surface area contributed by atoms with Crippen molar-refractivity contribution in [2.45, 2.75) is 6.92 Å². The lowest BCUT2D eigenvalue weighted by molar-refractivity contribution is 0.415. The number of aromatic nitrogens is 2. The molecule has 0 saturated carbocycles. The summed E-state index contributed by atoms with van der Waals surface area (Å²) in [4.78, 5) is 8.17. The Morgan fingerprint density at radius 1 is 1.29 bits per heavy atom. The molecule has 0 radical (unpaired) electrons. The van der Waals surface area contributed by atoms with Crippen molar-refractivity contribution in [3.05, 3.63) is 36.0 Å². The fourth-order valence-corrected chi connectivity index (χ4v) is 1.42. The van der Waals surface area contributed by atoms with Gasteiger partial charge in [-0.3, -0.25) is 0 Å². The van der Waals surface area contributed by atoms with E-state index < -0.39 is 0 Å². The molecule has 0 fully saturated rings. The minimum Gasteiger partial charge on any atom is -0.497 e. The van der Waals surface area contributed by atoms with Gasteiger partial charge in [0.05, 0.1) is 7.11 Å². The van der Waals surface area contributed by atoms with Crippen LogP contribution >= 0.6 is 0 Å². The van der Waals surface area contributed by atoms with Crippen LogP contribution in [0, 0.1) is 6.92 Å². The lowest BCUT2D eigenvalue weighted by atomic mass is 10.2. The third-order valence-electron chi connectivity index (χ3n) is 2.37. The Morgan fingerprint density at radius 2 is 2.12 bits per heavy atom. The smallest absolute Gasteiger partial charge is 0.229 e. The summed E-state index contributed by atoms with van der Waals surface area (Å²) < 4.78 is 5.17. The summed E-state index contributed by atoms with van der Waals surface area (Å²) in [5.41, 5.74) is 7.57. The number of anilines is 3. The van der Waals surface area contributed by atoms with E-state index in [1.165, 1.54) is 0 Å². The maximum atomic E-state index is 5.59. The third-order valence-corrected chi connectivity index (χ3v) is 2.37. The highest BCUT2D eigenvalue weighted by Gasteiger charge is 2.03. The summed E-state index contributed by atoms with van der Waals surface area (Å²) in [6, 6.07) is 7.40. The van der Waals surface area contributed by atoms with Crippen molar-refractivity contribution in [1.29, 1.82) is 0 Å². The molecule has 1 heterocycles. The second-order valence-electron chi connectivity index (χ2n) is 3.61. The Hall–Kier alpha value is -2.30. The van der Waals surface area contributed by atoms with Gasteiger partial charge in [0.1, 0.15) is 11.6 Å². The summed E-state index contributed by atoms with van der Waals surface area (Å²) in [7, 11) is 1.63. The second kappa shape index (κ2) is 4.69. The fourth-order valence-electron chi connectivity index (χ4n) is 1.42. The second-order valence-corrected chi connectivity index (χ2v) is 3.61. The highest BCUT2D eigenvalue weighted by Crippen LogP contribution is 2.23. The standard InChI is InChI=1S/C12H14N4O/c1-8-3-4-9(17-2)7-10(8)15-12-14-6-5-11(13)16-12/h3-7H,1-2H3,(H3,13,14,15,16). The maximum absolute atomic E-state index is 5.59. The van der Waals surface area contributed by atoms with Crippen LogP contribution in [0.25, 0.3) is 0 Å². The monoisotopic (exact) mass is 230 g/mol. The van der Waals surface area contributed by atoms with Crippen molar-refractivity contribution in [2.24, 2.45) is 0 Å². The van der Waals surface area contributed by atoms with Crippen molar-refractivity contribution in [2.75, 3.05) is 18.2 Å². The zero-order chi connectivity index (χ0) is 12.3. The van der Waals surface area contributed by atoms with Crippen molar-refractivity contribution < 1.29 is 4.74 Å². The first kappa shape index (κ1) is 11.2. The van der Waals surface area contributed by atoms with Crippen LogP contribution in [0.2, 0.25) is 0 Å². The zero-order valence-corrected chi connectivity index (χ0v) is 9.77. The van der Waals surface area contributed by atoms with Crippen LogP contribution in [-0.2, 0) is 0 Å². The van der Waals surface area contributed by atoms with E-state index in [1.54, 1.807) is 19.4 Å². The van der Waals surface area contributed by atoms with Gasteiger partial charge in [0, 0.05) is 18.0 Å². The van der Waals surface area contributed by atoms with E-state index >= 15 is 0 Å².